The average molecular weight is 605 g/mol. The molecule has 3 rings (SSSR count). The van der Waals surface area contributed by atoms with Crippen molar-refractivity contribution < 1.29 is 18.0 Å². The molecular weight excluding hydrogens is 569 g/mol. The summed E-state index contributed by atoms with van der Waals surface area (Å²) in [6.07, 6.45) is 0.727. The Balaban J connectivity index is 2.08. The van der Waals surface area contributed by atoms with Crippen molar-refractivity contribution in [1.82, 2.24) is 10.2 Å². The molecule has 0 radical (unpaired) electrons. The summed E-state index contributed by atoms with van der Waals surface area (Å²) in [7, 11) is -4.14. The lowest BCUT2D eigenvalue weighted by Crippen LogP contribution is -2.51. The van der Waals surface area contributed by atoms with Gasteiger partial charge in [0.1, 0.15) is 12.6 Å². The van der Waals surface area contributed by atoms with Gasteiger partial charge in [0.15, 0.2) is 0 Å². The normalized spacial score (nSPS) is 12.1. The lowest BCUT2D eigenvalue weighted by Gasteiger charge is -2.32. The van der Waals surface area contributed by atoms with E-state index in [-0.39, 0.29) is 17.3 Å². The zero-order valence-corrected chi connectivity index (χ0v) is 25.7. The number of rotatable bonds is 11. The van der Waals surface area contributed by atoms with Crippen LogP contribution in [0.25, 0.3) is 0 Å². The molecule has 7 nitrogen and oxygen atoms in total. The number of carbonyl (C=O) groups excluding carboxylic acids is 2. The maximum atomic E-state index is 14.0. The Morgan fingerprint density at radius 3 is 2.27 bits per heavy atom. The fourth-order valence-corrected chi connectivity index (χ4v) is 6.11. The summed E-state index contributed by atoms with van der Waals surface area (Å²) in [5, 5.41) is 3.60. The molecule has 10 heteroatoms. The predicted octanol–water partition coefficient (Wildman–Crippen LogP) is 6.06. The second kappa shape index (κ2) is 13.5. The van der Waals surface area contributed by atoms with Gasteiger partial charge < -0.3 is 10.2 Å². The van der Waals surface area contributed by atoms with Crippen molar-refractivity contribution in [2.75, 3.05) is 17.4 Å². The Morgan fingerprint density at radius 2 is 1.65 bits per heavy atom. The molecule has 0 aliphatic rings. The molecule has 0 heterocycles. The summed E-state index contributed by atoms with van der Waals surface area (Å²) >= 11 is 12.5. The third-order valence-corrected chi connectivity index (χ3v) is 9.17. The van der Waals surface area contributed by atoms with Gasteiger partial charge in [-0.3, -0.25) is 13.9 Å². The number of nitrogens with one attached hydrogen (secondary N) is 1. The highest BCUT2D eigenvalue weighted by molar-refractivity contribution is 7.92. The highest BCUT2D eigenvalue weighted by Gasteiger charge is 2.33. The van der Waals surface area contributed by atoms with Crippen molar-refractivity contribution >= 4 is 50.7 Å². The lowest BCUT2D eigenvalue weighted by molar-refractivity contribution is -0.139. The molecule has 1 atom stereocenters. The van der Waals surface area contributed by atoms with Crippen LogP contribution >= 0.6 is 23.2 Å². The first-order valence-corrected chi connectivity index (χ1v) is 15.2. The van der Waals surface area contributed by atoms with E-state index in [1.807, 2.05) is 33.8 Å². The SMILES string of the molecule is CCCNC(=O)[C@H](C)N(Cc1ccc(Cl)cc1Cl)C(=O)CN(c1cccc(C)c1C)S(=O)(=O)c1ccc(C)cc1. The summed E-state index contributed by atoms with van der Waals surface area (Å²) in [6, 6.07) is 15.8. The van der Waals surface area contributed by atoms with Crippen LogP contribution in [0.4, 0.5) is 5.69 Å². The van der Waals surface area contributed by atoms with Crippen LogP contribution in [0.2, 0.25) is 10.0 Å². The minimum absolute atomic E-state index is 0.0131. The first-order valence-electron chi connectivity index (χ1n) is 13.0. The molecule has 0 aliphatic heterocycles. The third-order valence-electron chi connectivity index (χ3n) is 6.80. The standard InChI is InChI=1S/C30H35Cl2N3O4S/c1-6-16-33-30(37)23(5)34(18-24-12-13-25(31)17-27(24)32)29(36)19-35(28-9-7-8-21(3)22(28)4)40(38,39)26-14-10-20(2)11-15-26/h7-15,17,23H,6,16,18-19H2,1-5H3,(H,33,37)/t23-/m0/s1. The quantitative estimate of drug-likeness (QED) is 0.289. The van der Waals surface area contributed by atoms with Crippen LogP contribution in [-0.2, 0) is 26.2 Å². The number of nitrogens with zero attached hydrogens (tertiary/aromatic N) is 2. The van der Waals surface area contributed by atoms with E-state index in [0.29, 0.717) is 27.8 Å². The van der Waals surface area contributed by atoms with E-state index in [0.717, 1.165) is 27.4 Å². The highest BCUT2D eigenvalue weighted by atomic mass is 35.5. The first-order chi connectivity index (χ1) is 18.9. The molecule has 0 bridgehead atoms. The van der Waals surface area contributed by atoms with Crippen LogP contribution in [-0.4, -0.2) is 44.3 Å². The Kier molecular flexibility index (Phi) is 10.6. The Morgan fingerprint density at radius 1 is 0.975 bits per heavy atom. The van der Waals surface area contributed by atoms with Crippen LogP contribution in [0.3, 0.4) is 0 Å². The van der Waals surface area contributed by atoms with E-state index < -0.39 is 28.5 Å². The van der Waals surface area contributed by atoms with Crippen molar-refractivity contribution in [2.45, 2.75) is 58.5 Å². The first kappa shape index (κ1) is 31.5. The Labute approximate surface area is 247 Å². The second-order valence-electron chi connectivity index (χ2n) is 9.77. The van der Waals surface area contributed by atoms with E-state index in [1.165, 1.54) is 17.0 Å². The molecule has 2 amide bonds. The largest absolute Gasteiger partial charge is 0.354 e. The van der Waals surface area contributed by atoms with Crippen molar-refractivity contribution in [3.05, 3.63) is 93.0 Å². The highest BCUT2D eigenvalue weighted by Crippen LogP contribution is 2.30. The number of aryl methyl sites for hydroxylation is 2. The van der Waals surface area contributed by atoms with Gasteiger partial charge in [-0.1, -0.05) is 66.0 Å². The van der Waals surface area contributed by atoms with Gasteiger partial charge in [0.25, 0.3) is 10.0 Å². The fraction of sp³-hybridized carbons (Fsp3) is 0.333. The van der Waals surface area contributed by atoms with Crippen molar-refractivity contribution in [3.8, 4) is 0 Å². The summed E-state index contributed by atoms with van der Waals surface area (Å²) in [5.41, 5.74) is 3.49. The molecule has 1 N–H and O–H groups in total. The summed E-state index contributed by atoms with van der Waals surface area (Å²) in [5.74, 6) is -0.901. The summed E-state index contributed by atoms with van der Waals surface area (Å²) < 4.78 is 29.1. The van der Waals surface area contributed by atoms with Crippen molar-refractivity contribution in [3.63, 3.8) is 0 Å². The molecule has 0 saturated heterocycles. The summed E-state index contributed by atoms with van der Waals surface area (Å²) in [4.78, 5) is 28.4. The molecule has 0 spiro atoms. The maximum absolute atomic E-state index is 14.0. The van der Waals surface area contributed by atoms with Gasteiger partial charge in [0.05, 0.1) is 10.6 Å². The van der Waals surface area contributed by atoms with Crippen LogP contribution in [0, 0.1) is 20.8 Å². The number of sulfonamides is 1. The molecule has 0 aliphatic carbocycles. The molecule has 0 fully saturated rings. The summed E-state index contributed by atoms with van der Waals surface area (Å²) in [6.45, 7) is 9.03. The zero-order valence-electron chi connectivity index (χ0n) is 23.4. The monoisotopic (exact) mass is 603 g/mol. The van der Waals surface area contributed by atoms with Crippen LogP contribution < -0.4 is 9.62 Å². The number of carbonyl (C=O) groups is 2. The number of hydrogen-bond donors (Lipinski definition) is 1. The lowest BCUT2D eigenvalue weighted by atomic mass is 10.1. The number of benzene rings is 3. The van der Waals surface area contributed by atoms with Gasteiger partial charge >= 0.3 is 0 Å². The van der Waals surface area contributed by atoms with Crippen LogP contribution in [0.15, 0.2) is 65.6 Å². The van der Waals surface area contributed by atoms with Crippen molar-refractivity contribution in [2.24, 2.45) is 0 Å². The van der Waals surface area contributed by atoms with E-state index in [1.54, 1.807) is 49.4 Å². The van der Waals surface area contributed by atoms with E-state index in [2.05, 4.69) is 5.32 Å². The minimum Gasteiger partial charge on any atom is -0.354 e. The number of amides is 2. The maximum Gasteiger partial charge on any atom is 0.264 e. The van der Waals surface area contributed by atoms with Gasteiger partial charge in [0, 0.05) is 23.1 Å². The molecule has 0 unspecified atom stereocenters. The van der Waals surface area contributed by atoms with Crippen LogP contribution in [0.1, 0.15) is 42.5 Å². The van der Waals surface area contributed by atoms with E-state index in [9.17, 15) is 18.0 Å². The number of anilines is 1. The topological polar surface area (TPSA) is 86.8 Å². The Bertz CT molecular complexity index is 1480. The van der Waals surface area contributed by atoms with Crippen molar-refractivity contribution in [1.29, 1.82) is 0 Å². The molecular formula is C30H35Cl2N3O4S. The third kappa shape index (κ3) is 7.36. The second-order valence-corrected chi connectivity index (χ2v) is 12.5. The zero-order chi connectivity index (χ0) is 29.6. The minimum atomic E-state index is -4.14. The van der Waals surface area contributed by atoms with Gasteiger partial charge in [0.2, 0.25) is 11.8 Å². The molecule has 40 heavy (non-hydrogen) atoms. The van der Waals surface area contributed by atoms with Crippen LogP contribution in [0.5, 0.6) is 0 Å². The van der Waals surface area contributed by atoms with Gasteiger partial charge in [-0.15, -0.1) is 0 Å². The van der Waals surface area contributed by atoms with Gasteiger partial charge in [-0.25, -0.2) is 8.42 Å². The molecule has 3 aromatic rings. The smallest absolute Gasteiger partial charge is 0.264 e. The average Bonchev–Trinajstić information content (AvgIpc) is 2.91. The predicted molar refractivity (Wildman–Crippen MR) is 161 cm³/mol. The molecule has 0 aromatic heterocycles. The molecule has 3 aromatic carbocycles. The Hall–Kier alpha value is -3.07. The molecule has 214 valence electrons. The van der Waals surface area contributed by atoms with Gasteiger partial charge in [-0.2, -0.15) is 0 Å². The number of halogens is 2. The number of hydrogen-bond acceptors (Lipinski definition) is 4. The van der Waals surface area contributed by atoms with E-state index in [4.69, 9.17) is 23.2 Å². The van der Waals surface area contributed by atoms with Gasteiger partial charge in [-0.05, 0) is 81.1 Å². The fourth-order valence-electron chi connectivity index (χ4n) is 4.17. The molecule has 0 saturated carbocycles. The van der Waals surface area contributed by atoms with E-state index >= 15 is 0 Å².